The quantitative estimate of drug-likeness (QED) is 0.496. The zero-order chi connectivity index (χ0) is 16.2. The van der Waals surface area contributed by atoms with Crippen molar-refractivity contribution >= 4 is 21.5 Å². The SMILES string of the molecule is O=C(CNS(=O)(=O)c1ccc([N+](=O)[O-])cc1)c1ccccc1. The van der Waals surface area contributed by atoms with Gasteiger partial charge in [-0.2, -0.15) is 0 Å². The largest absolute Gasteiger partial charge is 0.293 e. The number of carbonyl (C=O) groups is 1. The van der Waals surface area contributed by atoms with Crippen LogP contribution in [0.3, 0.4) is 0 Å². The predicted octanol–water partition coefficient (Wildman–Crippen LogP) is 1.76. The van der Waals surface area contributed by atoms with Crippen molar-refractivity contribution < 1.29 is 18.1 Å². The molecule has 0 bridgehead atoms. The fourth-order valence-corrected chi connectivity index (χ4v) is 2.70. The molecule has 0 aliphatic carbocycles. The number of rotatable bonds is 6. The summed E-state index contributed by atoms with van der Waals surface area (Å²) in [7, 11) is -3.90. The summed E-state index contributed by atoms with van der Waals surface area (Å²) in [5.74, 6) is -0.369. The van der Waals surface area contributed by atoms with Gasteiger partial charge in [0.2, 0.25) is 10.0 Å². The molecule has 0 fully saturated rings. The van der Waals surface area contributed by atoms with Gasteiger partial charge in [-0.1, -0.05) is 30.3 Å². The average molecular weight is 320 g/mol. The Bertz CT molecular complexity index is 786. The topological polar surface area (TPSA) is 106 Å². The summed E-state index contributed by atoms with van der Waals surface area (Å²) < 4.78 is 26.2. The van der Waals surface area contributed by atoms with Crippen LogP contribution in [0.5, 0.6) is 0 Å². The van der Waals surface area contributed by atoms with Gasteiger partial charge in [-0.3, -0.25) is 14.9 Å². The maximum atomic E-state index is 12.0. The van der Waals surface area contributed by atoms with Crippen molar-refractivity contribution in [3.8, 4) is 0 Å². The molecule has 0 aromatic heterocycles. The average Bonchev–Trinajstić information content (AvgIpc) is 2.53. The lowest BCUT2D eigenvalue weighted by Crippen LogP contribution is -2.29. The molecule has 2 rings (SSSR count). The molecule has 0 heterocycles. The van der Waals surface area contributed by atoms with E-state index in [2.05, 4.69) is 4.72 Å². The minimum atomic E-state index is -3.90. The predicted molar refractivity (Wildman–Crippen MR) is 79.1 cm³/mol. The van der Waals surface area contributed by atoms with Gasteiger partial charge in [0.05, 0.1) is 16.4 Å². The van der Waals surface area contributed by atoms with Crippen molar-refractivity contribution in [3.63, 3.8) is 0 Å². The molecule has 114 valence electrons. The number of nitrogens with zero attached hydrogens (tertiary/aromatic N) is 1. The Balaban J connectivity index is 2.08. The van der Waals surface area contributed by atoms with Gasteiger partial charge >= 0.3 is 0 Å². The Morgan fingerprint density at radius 2 is 1.64 bits per heavy atom. The van der Waals surface area contributed by atoms with Crippen LogP contribution < -0.4 is 4.72 Å². The highest BCUT2D eigenvalue weighted by molar-refractivity contribution is 7.89. The molecule has 7 nitrogen and oxygen atoms in total. The van der Waals surface area contributed by atoms with E-state index in [1.807, 2.05) is 0 Å². The van der Waals surface area contributed by atoms with Crippen LogP contribution in [0.4, 0.5) is 5.69 Å². The molecule has 0 radical (unpaired) electrons. The Morgan fingerprint density at radius 3 is 2.18 bits per heavy atom. The Morgan fingerprint density at radius 1 is 1.05 bits per heavy atom. The number of benzene rings is 2. The number of carbonyl (C=O) groups excluding carboxylic acids is 1. The minimum absolute atomic E-state index is 0.140. The molecule has 22 heavy (non-hydrogen) atoms. The van der Waals surface area contributed by atoms with Gasteiger partial charge < -0.3 is 0 Å². The van der Waals surface area contributed by atoms with E-state index in [1.54, 1.807) is 30.3 Å². The van der Waals surface area contributed by atoms with Crippen LogP contribution in [0.1, 0.15) is 10.4 Å². The van der Waals surface area contributed by atoms with E-state index in [9.17, 15) is 23.3 Å². The van der Waals surface area contributed by atoms with Crippen molar-refractivity contribution in [2.75, 3.05) is 6.54 Å². The summed E-state index contributed by atoms with van der Waals surface area (Å²) in [5.41, 5.74) is 0.188. The molecule has 0 spiro atoms. The summed E-state index contributed by atoms with van der Waals surface area (Å²) in [5, 5.41) is 10.5. The number of ketones is 1. The first-order valence-electron chi connectivity index (χ1n) is 6.22. The van der Waals surface area contributed by atoms with Crippen LogP contribution in [-0.2, 0) is 10.0 Å². The van der Waals surface area contributed by atoms with Crippen molar-refractivity contribution in [1.29, 1.82) is 0 Å². The van der Waals surface area contributed by atoms with Gasteiger partial charge in [0, 0.05) is 17.7 Å². The van der Waals surface area contributed by atoms with E-state index in [0.29, 0.717) is 5.56 Å². The van der Waals surface area contributed by atoms with Gasteiger partial charge in [-0.15, -0.1) is 0 Å². The lowest BCUT2D eigenvalue weighted by molar-refractivity contribution is -0.384. The summed E-state index contributed by atoms with van der Waals surface area (Å²) in [6, 6.07) is 12.7. The Hall–Kier alpha value is -2.58. The van der Waals surface area contributed by atoms with Gasteiger partial charge in [0.25, 0.3) is 5.69 Å². The highest BCUT2D eigenvalue weighted by atomic mass is 32.2. The number of nitro groups is 1. The number of nitrogens with one attached hydrogen (secondary N) is 1. The van der Waals surface area contributed by atoms with Crippen molar-refractivity contribution in [2.45, 2.75) is 4.90 Å². The number of sulfonamides is 1. The molecule has 0 atom stereocenters. The van der Waals surface area contributed by atoms with Crippen LogP contribution in [0.25, 0.3) is 0 Å². The van der Waals surface area contributed by atoms with Crippen LogP contribution in [0.2, 0.25) is 0 Å². The number of non-ortho nitro benzene ring substituents is 1. The second-order valence-electron chi connectivity index (χ2n) is 4.36. The summed E-state index contributed by atoms with van der Waals surface area (Å²) in [4.78, 5) is 21.6. The van der Waals surface area contributed by atoms with E-state index in [1.165, 1.54) is 0 Å². The fraction of sp³-hybridized carbons (Fsp3) is 0.0714. The highest BCUT2D eigenvalue weighted by Crippen LogP contribution is 2.15. The van der Waals surface area contributed by atoms with E-state index < -0.39 is 14.9 Å². The Labute approximate surface area is 126 Å². The maximum absolute atomic E-state index is 12.0. The lowest BCUT2D eigenvalue weighted by Gasteiger charge is -2.06. The first kappa shape index (κ1) is 15.8. The molecule has 2 aromatic carbocycles. The first-order chi connectivity index (χ1) is 10.4. The van der Waals surface area contributed by atoms with Crippen molar-refractivity contribution in [3.05, 3.63) is 70.3 Å². The minimum Gasteiger partial charge on any atom is -0.293 e. The molecule has 0 unspecified atom stereocenters. The third-order valence-corrected chi connectivity index (χ3v) is 4.29. The number of nitro benzene ring substituents is 1. The fourth-order valence-electron chi connectivity index (χ4n) is 1.72. The standard InChI is InChI=1S/C14H12N2O5S/c17-14(11-4-2-1-3-5-11)10-15-22(20,21)13-8-6-12(7-9-13)16(18)19/h1-9,15H,10H2. The van der Waals surface area contributed by atoms with Crippen LogP contribution in [0.15, 0.2) is 59.5 Å². The number of Topliss-reactive ketones (excluding diaryl/α,β-unsaturated/α-hetero) is 1. The maximum Gasteiger partial charge on any atom is 0.269 e. The van der Waals surface area contributed by atoms with Gasteiger partial charge in [-0.25, -0.2) is 13.1 Å². The molecule has 1 N–H and O–H groups in total. The monoisotopic (exact) mass is 320 g/mol. The number of hydrogen-bond donors (Lipinski definition) is 1. The molecule has 0 aliphatic heterocycles. The molecule has 2 aromatic rings. The van der Waals surface area contributed by atoms with E-state index in [0.717, 1.165) is 24.3 Å². The van der Waals surface area contributed by atoms with E-state index >= 15 is 0 Å². The van der Waals surface area contributed by atoms with Gasteiger partial charge in [0.15, 0.2) is 5.78 Å². The van der Waals surface area contributed by atoms with Crippen LogP contribution >= 0.6 is 0 Å². The lowest BCUT2D eigenvalue weighted by atomic mass is 10.1. The summed E-state index contributed by atoms with van der Waals surface area (Å²) in [6.45, 7) is -0.386. The molecule has 0 amide bonds. The zero-order valence-corrected chi connectivity index (χ0v) is 12.1. The van der Waals surface area contributed by atoms with E-state index in [-0.39, 0.29) is 22.9 Å². The third kappa shape index (κ3) is 3.74. The summed E-state index contributed by atoms with van der Waals surface area (Å²) in [6.07, 6.45) is 0. The molecule has 0 aliphatic rings. The van der Waals surface area contributed by atoms with Crippen molar-refractivity contribution in [1.82, 2.24) is 4.72 Å². The Kier molecular flexibility index (Phi) is 4.64. The van der Waals surface area contributed by atoms with E-state index in [4.69, 9.17) is 0 Å². The highest BCUT2D eigenvalue weighted by Gasteiger charge is 2.17. The van der Waals surface area contributed by atoms with Gasteiger partial charge in [0.1, 0.15) is 0 Å². The molecular formula is C14H12N2O5S. The third-order valence-electron chi connectivity index (χ3n) is 2.88. The molecular weight excluding hydrogens is 308 g/mol. The zero-order valence-electron chi connectivity index (χ0n) is 11.3. The van der Waals surface area contributed by atoms with Crippen LogP contribution in [-0.4, -0.2) is 25.7 Å². The number of hydrogen-bond acceptors (Lipinski definition) is 5. The molecule has 0 saturated carbocycles. The second-order valence-corrected chi connectivity index (χ2v) is 6.13. The summed E-state index contributed by atoms with van der Waals surface area (Å²) >= 11 is 0. The second kappa shape index (κ2) is 6.46. The first-order valence-corrected chi connectivity index (χ1v) is 7.71. The van der Waals surface area contributed by atoms with Crippen LogP contribution in [0, 0.1) is 10.1 Å². The molecule has 0 saturated heterocycles. The smallest absolute Gasteiger partial charge is 0.269 e. The van der Waals surface area contributed by atoms with Gasteiger partial charge in [-0.05, 0) is 12.1 Å². The van der Waals surface area contributed by atoms with Crippen molar-refractivity contribution in [2.24, 2.45) is 0 Å². The molecule has 8 heteroatoms. The normalized spacial score (nSPS) is 11.1.